The van der Waals surface area contributed by atoms with Crippen LogP contribution in [0.3, 0.4) is 0 Å². The number of amides is 1. The Hall–Kier alpha value is -3.05. The number of ether oxygens (including phenoxy) is 1. The second-order valence-electron chi connectivity index (χ2n) is 4.89. The van der Waals surface area contributed by atoms with Crippen LogP contribution >= 0.6 is 22.9 Å². The van der Waals surface area contributed by atoms with E-state index in [1.54, 1.807) is 6.92 Å². The minimum Gasteiger partial charge on any atom is -0.465 e. The Kier molecular flexibility index (Phi) is 6.79. The Morgan fingerprint density at radius 3 is 2.81 bits per heavy atom. The van der Waals surface area contributed by atoms with E-state index in [1.807, 2.05) is 0 Å². The molecule has 0 aliphatic carbocycles. The first-order valence-electron chi connectivity index (χ1n) is 7.46. The number of nitro groups is 1. The SMILES string of the molecule is CCOC(=O)Cn1c(Cl)c(/C=N/NC(=O)c2ccccc2[N+](=O)[O-])sc1=O. The van der Waals surface area contributed by atoms with Crippen LogP contribution < -0.4 is 10.3 Å². The number of aromatic nitrogens is 1. The van der Waals surface area contributed by atoms with E-state index in [0.29, 0.717) is 11.3 Å². The number of esters is 1. The number of nitrogens with zero attached hydrogens (tertiary/aromatic N) is 3. The monoisotopic (exact) mass is 412 g/mol. The van der Waals surface area contributed by atoms with Crippen LogP contribution in [0.4, 0.5) is 5.69 Å². The van der Waals surface area contributed by atoms with Gasteiger partial charge < -0.3 is 4.74 Å². The van der Waals surface area contributed by atoms with Crippen molar-refractivity contribution in [3.63, 3.8) is 0 Å². The Morgan fingerprint density at radius 1 is 1.44 bits per heavy atom. The van der Waals surface area contributed by atoms with Crippen LogP contribution in [-0.2, 0) is 16.1 Å². The molecule has 0 fully saturated rings. The number of hydrogen-bond donors (Lipinski definition) is 1. The number of rotatable bonds is 7. The molecular formula is C15H13ClN4O6S. The average molecular weight is 413 g/mol. The molecule has 0 atom stereocenters. The van der Waals surface area contributed by atoms with Crippen LogP contribution in [0.2, 0.25) is 5.15 Å². The van der Waals surface area contributed by atoms with E-state index in [1.165, 1.54) is 24.3 Å². The molecule has 0 aliphatic rings. The number of benzene rings is 1. The second kappa shape index (κ2) is 9.05. The predicted molar refractivity (Wildman–Crippen MR) is 98.4 cm³/mol. The first kappa shape index (κ1) is 20.3. The van der Waals surface area contributed by atoms with Gasteiger partial charge in [0.15, 0.2) is 0 Å². The predicted octanol–water partition coefficient (Wildman–Crippen LogP) is 1.80. The van der Waals surface area contributed by atoms with Crippen LogP contribution in [0, 0.1) is 10.1 Å². The van der Waals surface area contributed by atoms with Crippen molar-refractivity contribution in [2.24, 2.45) is 5.10 Å². The van der Waals surface area contributed by atoms with Crippen LogP contribution in [0.1, 0.15) is 22.2 Å². The molecule has 0 unspecified atom stereocenters. The zero-order valence-electron chi connectivity index (χ0n) is 13.9. The van der Waals surface area contributed by atoms with E-state index in [4.69, 9.17) is 16.3 Å². The van der Waals surface area contributed by atoms with Crippen molar-refractivity contribution in [1.82, 2.24) is 9.99 Å². The van der Waals surface area contributed by atoms with Gasteiger partial charge in [-0.2, -0.15) is 5.10 Å². The summed E-state index contributed by atoms with van der Waals surface area (Å²) in [7, 11) is 0. The van der Waals surface area contributed by atoms with E-state index < -0.39 is 21.7 Å². The summed E-state index contributed by atoms with van der Waals surface area (Å²) in [4.78, 5) is 45.4. The molecule has 0 spiro atoms. The number of nitro benzene ring substituents is 1. The topological polar surface area (TPSA) is 133 Å². The molecule has 0 bridgehead atoms. The second-order valence-corrected chi connectivity index (χ2v) is 6.24. The van der Waals surface area contributed by atoms with Crippen LogP contribution in [0.25, 0.3) is 0 Å². The van der Waals surface area contributed by atoms with Gasteiger partial charge in [-0.3, -0.25) is 29.1 Å². The van der Waals surface area contributed by atoms with Crippen molar-refractivity contribution < 1.29 is 19.2 Å². The summed E-state index contributed by atoms with van der Waals surface area (Å²) < 4.78 is 5.77. The van der Waals surface area contributed by atoms with Gasteiger partial charge in [-0.1, -0.05) is 35.1 Å². The summed E-state index contributed by atoms with van der Waals surface area (Å²) in [5.74, 6) is -1.42. The Labute approximate surface area is 161 Å². The maximum Gasteiger partial charge on any atom is 0.326 e. The largest absolute Gasteiger partial charge is 0.465 e. The summed E-state index contributed by atoms with van der Waals surface area (Å²) in [5, 5.41) is 14.6. The molecule has 0 radical (unpaired) electrons. The van der Waals surface area contributed by atoms with Gasteiger partial charge >= 0.3 is 10.8 Å². The van der Waals surface area contributed by atoms with E-state index in [-0.39, 0.29) is 34.4 Å². The highest BCUT2D eigenvalue weighted by Gasteiger charge is 2.19. The molecule has 0 saturated carbocycles. The van der Waals surface area contributed by atoms with Gasteiger partial charge in [-0.25, -0.2) is 5.43 Å². The zero-order chi connectivity index (χ0) is 20.0. The molecule has 1 aromatic carbocycles. The highest BCUT2D eigenvalue weighted by atomic mass is 35.5. The van der Waals surface area contributed by atoms with E-state index in [9.17, 15) is 24.5 Å². The molecule has 142 valence electrons. The summed E-state index contributed by atoms with van der Waals surface area (Å²) in [6, 6.07) is 5.38. The molecule has 1 N–H and O–H groups in total. The van der Waals surface area contributed by atoms with Gasteiger partial charge in [0, 0.05) is 6.07 Å². The molecule has 2 rings (SSSR count). The smallest absolute Gasteiger partial charge is 0.326 e. The quantitative estimate of drug-likeness (QED) is 0.319. The standard InChI is InChI=1S/C15H13ClN4O6S/c1-2-26-12(21)8-19-13(16)11(27-15(19)23)7-17-18-14(22)9-5-3-4-6-10(9)20(24)25/h3-7H,2,8H2,1H3,(H,18,22)/b17-7+. The molecule has 10 nitrogen and oxygen atoms in total. The molecule has 1 aromatic heterocycles. The minimum atomic E-state index is -0.798. The van der Waals surface area contributed by atoms with Gasteiger partial charge in [0.2, 0.25) is 0 Å². The molecule has 27 heavy (non-hydrogen) atoms. The fraction of sp³-hybridized carbons (Fsp3) is 0.200. The van der Waals surface area contributed by atoms with Crippen LogP contribution in [0.5, 0.6) is 0 Å². The first-order valence-corrected chi connectivity index (χ1v) is 8.66. The summed E-state index contributed by atoms with van der Waals surface area (Å²) in [6.45, 7) is 1.45. The van der Waals surface area contributed by atoms with Crippen molar-refractivity contribution in [2.45, 2.75) is 13.5 Å². The Bertz CT molecular complexity index is 967. The van der Waals surface area contributed by atoms with Crippen molar-refractivity contribution in [3.8, 4) is 0 Å². The number of thiazole rings is 1. The number of carbonyl (C=O) groups is 2. The van der Waals surface area contributed by atoms with Gasteiger partial charge in [0.1, 0.15) is 17.3 Å². The molecule has 0 aliphatic heterocycles. The lowest BCUT2D eigenvalue weighted by atomic mass is 10.2. The highest BCUT2D eigenvalue weighted by molar-refractivity contribution is 7.11. The van der Waals surface area contributed by atoms with E-state index in [0.717, 1.165) is 10.8 Å². The summed E-state index contributed by atoms with van der Waals surface area (Å²) in [5.41, 5.74) is 1.60. The Balaban J connectivity index is 2.13. The van der Waals surface area contributed by atoms with Crippen LogP contribution in [0.15, 0.2) is 34.2 Å². The molecule has 0 saturated heterocycles. The molecule has 1 amide bonds. The first-order chi connectivity index (χ1) is 12.8. The van der Waals surface area contributed by atoms with Crippen molar-refractivity contribution in [1.29, 1.82) is 0 Å². The van der Waals surface area contributed by atoms with Crippen molar-refractivity contribution in [3.05, 3.63) is 59.6 Å². The average Bonchev–Trinajstić information content (AvgIpc) is 2.89. The maximum absolute atomic E-state index is 12.0. The molecule has 2 aromatic rings. The van der Waals surface area contributed by atoms with Gasteiger partial charge in [0.05, 0.1) is 22.6 Å². The minimum absolute atomic E-state index is 0.0401. The summed E-state index contributed by atoms with van der Waals surface area (Å²) >= 11 is 6.76. The summed E-state index contributed by atoms with van der Waals surface area (Å²) in [6.07, 6.45) is 1.11. The van der Waals surface area contributed by atoms with Gasteiger partial charge in [-0.05, 0) is 13.0 Å². The number of para-hydroxylation sites is 1. The zero-order valence-corrected chi connectivity index (χ0v) is 15.5. The molecule has 1 heterocycles. The number of hydrogen-bond acceptors (Lipinski definition) is 8. The lowest BCUT2D eigenvalue weighted by Crippen LogP contribution is -2.21. The van der Waals surface area contributed by atoms with E-state index in [2.05, 4.69) is 10.5 Å². The van der Waals surface area contributed by atoms with Crippen molar-refractivity contribution >= 4 is 46.7 Å². The fourth-order valence-electron chi connectivity index (χ4n) is 1.99. The lowest BCUT2D eigenvalue weighted by Gasteiger charge is -2.03. The van der Waals surface area contributed by atoms with Gasteiger partial charge in [0.25, 0.3) is 11.6 Å². The maximum atomic E-state index is 12.0. The van der Waals surface area contributed by atoms with Crippen molar-refractivity contribution in [2.75, 3.05) is 6.61 Å². The highest BCUT2D eigenvalue weighted by Crippen LogP contribution is 2.18. The third-order valence-corrected chi connectivity index (χ3v) is 4.58. The number of halogens is 1. The number of nitrogens with one attached hydrogen (secondary N) is 1. The Morgan fingerprint density at radius 2 is 2.15 bits per heavy atom. The third kappa shape index (κ3) is 4.99. The van der Waals surface area contributed by atoms with Gasteiger partial charge in [-0.15, -0.1) is 0 Å². The third-order valence-electron chi connectivity index (χ3n) is 3.14. The van der Waals surface area contributed by atoms with Crippen LogP contribution in [-0.4, -0.2) is 34.2 Å². The van der Waals surface area contributed by atoms with E-state index >= 15 is 0 Å². The fourth-order valence-corrected chi connectivity index (χ4v) is 3.09. The molecular weight excluding hydrogens is 400 g/mol. The normalized spacial score (nSPS) is 10.7. The molecule has 12 heteroatoms. The number of hydrazone groups is 1. The number of carbonyl (C=O) groups excluding carboxylic acids is 2. The lowest BCUT2D eigenvalue weighted by molar-refractivity contribution is -0.385.